The van der Waals surface area contributed by atoms with Crippen molar-refractivity contribution in [2.24, 2.45) is 7.05 Å². The van der Waals surface area contributed by atoms with Crippen LogP contribution in [0.2, 0.25) is 0 Å². The van der Waals surface area contributed by atoms with Gasteiger partial charge in [-0.05, 0) is 23.1 Å². The van der Waals surface area contributed by atoms with E-state index in [9.17, 15) is 0 Å². The highest BCUT2D eigenvalue weighted by Gasteiger charge is 2.14. The van der Waals surface area contributed by atoms with Crippen LogP contribution in [-0.4, -0.2) is 19.7 Å². The first kappa shape index (κ1) is 21.6. The second-order valence-corrected chi connectivity index (χ2v) is 10.1. The molecule has 7 heteroatoms. The summed E-state index contributed by atoms with van der Waals surface area (Å²) in [5.74, 6) is 2.39. The van der Waals surface area contributed by atoms with E-state index in [4.69, 9.17) is 9.72 Å². The third kappa shape index (κ3) is 5.35. The standard InChI is InChI=1S/C24H26N4OS2/c1-24(2,3)18-10-12-20(13-11-18)29-14-21-26-27-23(28(21)4)31-16-19-15-30-22(25-19)17-8-6-5-7-9-17/h5-13,15H,14,16H2,1-4H3. The summed E-state index contributed by atoms with van der Waals surface area (Å²) in [7, 11) is 1.97. The molecule has 0 amide bonds. The summed E-state index contributed by atoms with van der Waals surface area (Å²) in [6, 6.07) is 18.5. The van der Waals surface area contributed by atoms with Crippen molar-refractivity contribution in [3.63, 3.8) is 0 Å². The molecule has 2 heterocycles. The molecule has 4 rings (SSSR count). The lowest BCUT2D eigenvalue weighted by Crippen LogP contribution is -2.10. The van der Waals surface area contributed by atoms with Gasteiger partial charge < -0.3 is 9.30 Å². The van der Waals surface area contributed by atoms with E-state index in [2.05, 4.69) is 60.6 Å². The Morgan fingerprint density at radius 3 is 2.45 bits per heavy atom. The van der Waals surface area contributed by atoms with Gasteiger partial charge in [0.15, 0.2) is 11.0 Å². The predicted molar refractivity (Wildman–Crippen MR) is 128 cm³/mol. The molecular formula is C24H26N4OS2. The van der Waals surface area contributed by atoms with Crippen LogP contribution in [0.1, 0.15) is 37.9 Å². The first-order valence-corrected chi connectivity index (χ1v) is 12.0. The van der Waals surface area contributed by atoms with Gasteiger partial charge in [0.2, 0.25) is 0 Å². The molecule has 0 aliphatic carbocycles. The third-order valence-electron chi connectivity index (χ3n) is 4.93. The van der Waals surface area contributed by atoms with Gasteiger partial charge >= 0.3 is 0 Å². The molecule has 0 saturated heterocycles. The molecule has 0 saturated carbocycles. The predicted octanol–water partition coefficient (Wildman–Crippen LogP) is 6.11. The van der Waals surface area contributed by atoms with Gasteiger partial charge in [-0.3, -0.25) is 0 Å². The zero-order valence-electron chi connectivity index (χ0n) is 18.2. The molecule has 2 aromatic carbocycles. The van der Waals surface area contributed by atoms with Crippen molar-refractivity contribution < 1.29 is 4.74 Å². The van der Waals surface area contributed by atoms with Gasteiger partial charge in [0.1, 0.15) is 17.4 Å². The van der Waals surface area contributed by atoms with Crippen LogP contribution < -0.4 is 4.74 Å². The molecule has 0 aliphatic rings. The molecule has 0 unspecified atom stereocenters. The average Bonchev–Trinajstić information content (AvgIpc) is 3.38. The maximum atomic E-state index is 5.93. The Hall–Kier alpha value is -2.64. The van der Waals surface area contributed by atoms with E-state index < -0.39 is 0 Å². The number of thioether (sulfide) groups is 1. The Kier molecular flexibility index (Phi) is 6.43. The van der Waals surface area contributed by atoms with E-state index in [1.165, 1.54) is 5.56 Å². The van der Waals surface area contributed by atoms with Crippen LogP contribution in [0.15, 0.2) is 65.1 Å². The molecule has 0 N–H and O–H groups in total. The molecule has 0 radical (unpaired) electrons. The van der Waals surface area contributed by atoms with Crippen LogP contribution in [0, 0.1) is 0 Å². The Balaban J connectivity index is 1.34. The van der Waals surface area contributed by atoms with Gasteiger partial charge in [-0.15, -0.1) is 21.5 Å². The first-order chi connectivity index (χ1) is 14.9. The lowest BCUT2D eigenvalue weighted by Gasteiger charge is -2.19. The molecule has 0 fully saturated rings. The van der Waals surface area contributed by atoms with Crippen molar-refractivity contribution in [1.29, 1.82) is 0 Å². The van der Waals surface area contributed by atoms with Gasteiger partial charge in [-0.2, -0.15) is 0 Å². The minimum atomic E-state index is 0.132. The molecule has 2 aromatic heterocycles. The van der Waals surface area contributed by atoms with E-state index in [0.29, 0.717) is 6.61 Å². The molecule has 5 nitrogen and oxygen atoms in total. The summed E-state index contributed by atoms with van der Waals surface area (Å²) in [5, 5.41) is 12.6. The fraction of sp³-hybridized carbons (Fsp3) is 0.292. The summed E-state index contributed by atoms with van der Waals surface area (Å²) < 4.78 is 7.91. The normalized spacial score (nSPS) is 11.6. The van der Waals surface area contributed by atoms with Crippen molar-refractivity contribution in [2.45, 2.75) is 43.7 Å². The summed E-state index contributed by atoms with van der Waals surface area (Å²) in [5.41, 5.74) is 3.62. The fourth-order valence-corrected chi connectivity index (χ4v) is 4.77. The van der Waals surface area contributed by atoms with Crippen molar-refractivity contribution in [3.05, 3.63) is 77.1 Å². The Bertz CT molecular complexity index is 1130. The molecular weight excluding hydrogens is 424 g/mol. The summed E-state index contributed by atoms with van der Waals surface area (Å²) >= 11 is 3.30. The molecule has 0 aliphatic heterocycles. The molecule has 0 spiro atoms. The van der Waals surface area contributed by atoms with E-state index in [-0.39, 0.29) is 5.41 Å². The largest absolute Gasteiger partial charge is 0.486 e. The van der Waals surface area contributed by atoms with Crippen molar-refractivity contribution in [2.75, 3.05) is 0 Å². The number of aromatic nitrogens is 4. The minimum absolute atomic E-state index is 0.132. The second kappa shape index (κ2) is 9.24. The van der Waals surface area contributed by atoms with E-state index in [1.807, 2.05) is 41.9 Å². The number of rotatable bonds is 7. The van der Waals surface area contributed by atoms with Gasteiger partial charge in [-0.1, -0.05) is 75.0 Å². The topological polar surface area (TPSA) is 52.8 Å². The Morgan fingerprint density at radius 2 is 1.74 bits per heavy atom. The number of hydrogen-bond acceptors (Lipinski definition) is 6. The molecule has 0 atom stereocenters. The zero-order valence-corrected chi connectivity index (χ0v) is 19.8. The SMILES string of the molecule is Cn1c(COc2ccc(C(C)(C)C)cc2)nnc1SCc1csc(-c2ccccc2)n1. The zero-order chi connectivity index (χ0) is 21.8. The van der Waals surface area contributed by atoms with E-state index in [0.717, 1.165) is 38.7 Å². The number of benzene rings is 2. The maximum Gasteiger partial charge on any atom is 0.191 e. The van der Waals surface area contributed by atoms with E-state index in [1.54, 1.807) is 23.1 Å². The highest BCUT2D eigenvalue weighted by Crippen LogP contribution is 2.28. The maximum absolute atomic E-state index is 5.93. The van der Waals surface area contributed by atoms with Crippen LogP contribution in [0.5, 0.6) is 5.75 Å². The van der Waals surface area contributed by atoms with Crippen LogP contribution in [0.3, 0.4) is 0 Å². The monoisotopic (exact) mass is 450 g/mol. The molecule has 160 valence electrons. The third-order valence-corrected chi connectivity index (χ3v) is 6.93. The number of hydrogen-bond donors (Lipinski definition) is 0. The summed E-state index contributed by atoms with van der Waals surface area (Å²) in [6.07, 6.45) is 0. The first-order valence-electron chi connectivity index (χ1n) is 10.1. The Morgan fingerprint density at radius 1 is 1.00 bits per heavy atom. The molecule has 31 heavy (non-hydrogen) atoms. The van der Waals surface area contributed by atoms with Crippen LogP contribution in [-0.2, 0) is 24.8 Å². The van der Waals surface area contributed by atoms with Gasteiger partial charge in [0, 0.05) is 23.7 Å². The highest BCUT2D eigenvalue weighted by molar-refractivity contribution is 7.98. The summed E-state index contributed by atoms with van der Waals surface area (Å²) in [6.45, 7) is 6.99. The van der Waals surface area contributed by atoms with Gasteiger partial charge in [0.25, 0.3) is 0 Å². The summed E-state index contributed by atoms with van der Waals surface area (Å²) in [4.78, 5) is 4.75. The van der Waals surface area contributed by atoms with Crippen molar-refractivity contribution >= 4 is 23.1 Å². The smallest absolute Gasteiger partial charge is 0.191 e. The lowest BCUT2D eigenvalue weighted by molar-refractivity contribution is 0.290. The van der Waals surface area contributed by atoms with Crippen LogP contribution in [0.4, 0.5) is 0 Å². The number of ether oxygens (including phenoxy) is 1. The average molecular weight is 451 g/mol. The second-order valence-electron chi connectivity index (χ2n) is 8.32. The number of nitrogens with zero attached hydrogens (tertiary/aromatic N) is 4. The van der Waals surface area contributed by atoms with Gasteiger partial charge in [0.05, 0.1) is 5.69 Å². The molecule has 4 aromatic rings. The van der Waals surface area contributed by atoms with Crippen LogP contribution in [0.25, 0.3) is 10.6 Å². The quantitative estimate of drug-likeness (QED) is 0.318. The van der Waals surface area contributed by atoms with Crippen molar-refractivity contribution in [1.82, 2.24) is 19.7 Å². The van der Waals surface area contributed by atoms with Crippen LogP contribution >= 0.6 is 23.1 Å². The molecule has 0 bridgehead atoms. The number of thiazole rings is 1. The van der Waals surface area contributed by atoms with Crippen molar-refractivity contribution in [3.8, 4) is 16.3 Å². The van der Waals surface area contributed by atoms with E-state index >= 15 is 0 Å². The minimum Gasteiger partial charge on any atom is -0.486 e. The lowest BCUT2D eigenvalue weighted by atomic mass is 9.87. The Labute approximate surface area is 191 Å². The highest BCUT2D eigenvalue weighted by atomic mass is 32.2. The van der Waals surface area contributed by atoms with Gasteiger partial charge in [-0.25, -0.2) is 4.98 Å². The fourth-order valence-electron chi connectivity index (χ4n) is 3.02.